The van der Waals surface area contributed by atoms with Crippen LogP contribution in [-0.4, -0.2) is 81.2 Å². The van der Waals surface area contributed by atoms with Gasteiger partial charge in [0.15, 0.2) is 18.3 Å². The van der Waals surface area contributed by atoms with E-state index in [0.29, 0.717) is 29.2 Å². The summed E-state index contributed by atoms with van der Waals surface area (Å²) >= 11 is 0. The first-order chi connectivity index (χ1) is 18.5. The summed E-state index contributed by atoms with van der Waals surface area (Å²) in [6, 6.07) is 13.8. The van der Waals surface area contributed by atoms with Crippen molar-refractivity contribution in [2.75, 3.05) is 44.6 Å². The molecule has 0 radical (unpaired) electrons. The molecule has 4 fully saturated rings. The molecule has 0 spiro atoms. The van der Waals surface area contributed by atoms with Crippen LogP contribution in [0.5, 0.6) is 0 Å². The first-order valence-corrected chi connectivity index (χ1v) is 13.9. The third-order valence-electron chi connectivity index (χ3n) is 9.06. The lowest BCUT2D eigenvalue weighted by Gasteiger charge is -2.52. The molecule has 1 N–H and O–H groups in total. The number of nitrogens with zero attached hydrogens (tertiary/aromatic N) is 5. The number of carbonyl (C=O) groups is 2. The summed E-state index contributed by atoms with van der Waals surface area (Å²) in [4.78, 5) is 33.6. The molecule has 4 aliphatic rings. The molecule has 2 aromatic heterocycles. The van der Waals surface area contributed by atoms with Crippen molar-refractivity contribution in [3.8, 4) is 0 Å². The van der Waals surface area contributed by atoms with Gasteiger partial charge in [0.05, 0.1) is 25.0 Å². The van der Waals surface area contributed by atoms with E-state index >= 15 is 0 Å². The van der Waals surface area contributed by atoms with Crippen LogP contribution in [0.3, 0.4) is 0 Å². The van der Waals surface area contributed by atoms with Crippen LogP contribution >= 0.6 is 0 Å². The minimum Gasteiger partial charge on any atom is -0.454 e. The molecule has 6 heterocycles. The number of piperidine rings is 4. The fraction of sp³-hybridized carbons (Fsp3) is 0.517. The zero-order valence-corrected chi connectivity index (χ0v) is 22.1. The number of aromatic nitrogens is 3. The molecule has 3 aromatic rings. The number of fused-ring (bicyclic) bond motifs is 4. The van der Waals surface area contributed by atoms with E-state index in [4.69, 9.17) is 4.74 Å². The molecular weight excluding hydrogens is 480 g/mol. The van der Waals surface area contributed by atoms with Gasteiger partial charge in [-0.2, -0.15) is 5.10 Å². The Kier molecular flexibility index (Phi) is 6.65. The van der Waals surface area contributed by atoms with Gasteiger partial charge >= 0.3 is 5.97 Å². The lowest BCUT2D eigenvalue weighted by atomic mass is 9.82. The molecule has 2 atom stereocenters. The molecular formula is C29H37N6O3+. The lowest BCUT2D eigenvalue weighted by Crippen LogP contribution is -2.66. The molecule has 9 heteroatoms. The highest BCUT2D eigenvalue weighted by Gasteiger charge is 2.51. The summed E-state index contributed by atoms with van der Waals surface area (Å²) in [7, 11) is 0. The molecule has 4 aliphatic heterocycles. The van der Waals surface area contributed by atoms with Gasteiger partial charge in [-0.1, -0.05) is 36.8 Å². The molecule has 0 unspecified atom stereocenters. The second kappa shape index (κ2) is 10.1. The van der Waals surface area contributed by atoms with Crippen LogP contribution < -0.4 is 5.32 Å². The number of esters is 1. The predicted molar refractivity (Wildman–Crippen MR) is 143 cm³/mol. The number of benzene rings is 1. The van der Waals surface area contributed by atoms with Crippen molar-refractivity contribution >= 4 is 23.2 Å². The average Bonchev–Trinajstić information content (AvgIpc) is 3.42. The fourth-order valence-electron chi connectivity index (χ4n) is 6.76. The van der Waals surface area contributed by atoms with E-state index in [1.807, 2.05) is 49.4 Å². The highest BCUT2D eigenvalue weighted by Crippen LogP contribution is 2.38. The maximum Gasteiger partial charge on any atom is 0.331 e. The number of likely N-dealkylation sites (tertiary alicyclic amines) is 1. The second-order valence-corrected chi connectivity index (χ2v) is 11.4. The van der Waals surface area contributed by atoms with Gasteiger partial charge in [-0.05, 0) is 50.6 Å². The van der Waals surface area contributed by atoms with Gasteiger partial charge in [-0.25, -0.2) is 14.3 Å². The Hall–Kier alpha value is -3.30. The predicted octanol–water partition coefficient (Wildman–Crippen LogP) is 3.22. The highest BCUT2D eigenvalue weighted by atomic mass is 16.5. The van der Waals surface area contributed by atoms with Gasteiger partial charge in [0, 0.05) is 18.8 Å². The highest BCUT2D eigenvalue weighted by molar-refractivity contribution is 5.91. The van der Waals surface area contributed by atoms with Crippen LogP contribution in [0.15, 0.2) is 55.0 Å². The first kappa shape index (κ1) is 25.0. The van der Waals surface area contributed by atoms with Crippen LogP contribution in [0.1, 0.15) is 44.6 Å². The number of ether oxygens (including phenoxy) is 1. The van der Waals surface area contributed by atoms with E-state index in [1.165, 1.54) is 12.7 Å². The zero-order chi connectivity index (χ0) is 26.2. The summed E-state index contributed by atoms with van der Waals surface area (Å²) in [5, 5.41) is 7.18. The van der Waals surface area contributed by atoms with Crippen LogP contribution in [0.2, 0.25) is 0 Å². The van der Waals surface area contributed by atoms with Gasteiger partial charge in [0.2, 0.25) is 0 Å². The van der Waals surface area contributed by atoms with Gasteiger partial charge in [-0.3, -0.25) is 9.69 Å². The van der Waals surface area contributed by atoms with Crippen LogP contribution in [0.4, 0.5) is 5.69 Å². The number of anilines is 1. The lowest BCUT2D eigenvalue weighted by molar-refractivity contribution is -0.939. The number of pyridine rings is 1. The summed E-state index contributed by atoms with van der Waals surface area (Å²) < 4.78 is 8.73. The van der Waals surface area contributed by atoms with Crippen molar-refractivity contribution in [2.45, 2.75) is 50.7 Å². The zero-order valence-electron chi connectivity index (χ0n) is 22.1. The molecule has 9 nitrogen and oxygen atoms in total. The van der Waals surface area contributed by atoms with E-state index < -0.39 is 5.54 Å². The average molecular weight is 518 g/mol. The Bertz CT molecular complexity index is 1300. The largest absolute Gasteiger partial charge is 0.454 e. The Morgan fingerprint density at radius 1 is 1.08 bits per heavy atom. The van der Waals surface area contributed by atoms with Crippen molar-refractivity contribution in [3.63, 3.8) is 0 Å². The number of rotatable bonds is 7. The summed E-state index contributed by atoms with van der Waals surface area (Å²) in [6.45, 7) is 6.77. The molecule has 1 amide bonds. The number of carbonyl (C=O) groups excluding carboxylic acids is 2. The Labute approximate surface area is 223 Å². The van der Waals surface area contributed by atoms with Gasteiger partial charge in [0.25, 0.3) is 5.91 Å². The maximum absolute atomic E-state index is 14.0. The number of hydrogen-bond acceptors (Lipinski definition) is 6. The van der Waals surface area contributed by atoms with E-state index in [1.54, 1.807) is 10.7 Å². The van der Waals surface area contributed by atoms with E-state index in [0.717, 1.165) is 63.1 Å². The summed E-state index contributed by atoms with van der Waals surface area (Å²) in [5.74, 6) is 0.170. The first-order valence-electron chi connectivity index (χ1n) is 13.9. The standard InChI is InChI=1S/C29H36N6O3/c1-29(23-8-4-2-5-9-23,33-14-6-3-7-15-33)28(37)38-25-19-35(16-12-22(25)13-17-35)20-27(36)32-24-10-11-26-30-21-31-34(26)18-24/h2,4-5,8-11,18,21-22,25H,3,6-7,12-17,19-20H2,1H3/p+1/t22?,25-,29+,35?/m1/s1. The number of nitrogens with one attached hydrogen (secondary N) is 1. The molecule has 2 bridgehead atoms. The minimum absolute atomic E-state index is 0.0302. The smallest absolute Gasteiger partial charge is 0.331 e. The topological polar surface area (TPSA) is 88.8 Å². The van der Waals surface area contributed by atoms with Crippen molar-refractivity contribution in [2.24, 2.45) is 5.92 Å². The third-order valence-corrected chi connectivity index (χ3v) is 9.06. The summed E-state index contributed by atoms with van der Waals surface area (Å²) in [6.07, 6.45) is 8.45. The van der Waals surface area contributed by atoms with Crippen molar-refractivity contribution in [3.05, 3.63) is 60.6 Å². The molecule has 4 saturated heterocycles. The van der Waals surface area contributed by atoms with Gasteiger partial charge in [-0.15, -0.1) is 0 Å². The quantitative estimate of drug-likeness (QED) is 0.383. The SMILES string of the molecule is C[C@@](C(=O)O[C@@H]1C[N+]2(CC(=O)Nc3ccc4ncnn4c3)CCC1CC2)(c1ccccc1)N1CCCCC1. The molecule has 7 rings (SSSR count). The van der Waals surface area contributed by atoms with Crippen LogP contribution in [0.25, 0.3) is 5.65 Å². The Morgan fingerprint density at radius 2 is 1.84 bits per heavy atom. The molecule has 0 saturated carbocycles. The molecule has 38 heavy (non-hydrogen) atoms. The third kappa shape index (κ3) is 4.69. The molecule has 1 aromatic carbocycles. The van der Waals surface area contributed by atoms with Crippen molar-refractivity contribution in [1.82, 2.24) is 19.5 Å². The van der Waals surface area contributed by atoms with Crippen LogP contribution in [-0.2, 0) is 19.9 Å². The second-order valence-electron chi connectivity index (χ2n) is 11.4. The van der Waals surface area contributed by atoms with E-state index in [2.05, 4.69) is 20.3 Å². The van der Waals surface area contributed by atoms with E-state index in [-0.39, 0.29) is 18.0 Å². The minimum atomic E-state index is -0.810. The maximum atomic E-state index is 14.0. The normalized spacial score (nSPS) is 27.1. The van der Waals surface area contributed by atoms with Gasteiger partial charge in [0.1, 0.15) is 18.4 Å². The van der Waals surface area contributed by atoms with Crippen molar-refractivity contribution < 1.29 is 18.8 Å². The van der Waals surface area contributed by atoms with Crippen LogP contribution in [0, 0.1) is 5.92 Å². The number of amides is 1. The molecule has 200 valence electrons. The Morgan fingerprint density at radius 3 is 2.61 bits per heavy atom. The van der Waals surface area contributed by atoms with Crippen molar-refractivity contribution in [1.29, 1.82) is 0 Å². The monoisotopic (exact) mass is 517 g/mol. The number of quaternary nitrogens is 1. The Balaban J connectivity index is 1.16. The molecule has 0 aliphatic carbocycles. The fourth-order valence-corrected chi connectivity index (χ4v) is 6.76. The van der Waals surface area contributed by atoms with E-state index in [9.17, 15) is 9.59 Å². The number of hydrogen-bond donors (Lipinski definition) is 1. The summed E-state index contributed by atoms with van der Waals surface area (Å²) in [5.41, 5.74) is 1.61. The van der Waals surface area contributed by atoms with Gasteiger partial charge < -0.3 is 14.5 Å².